The molecule has 1 unspecified atom stereocenters. The third-order valence-corrected chi connectivity index (χ3v) is 7.51. The summed E-state index contributed by atoms with van der Waals surface area (Å²) in [5.41, 5.74) is 2.22. The zero-order chi connectivity index (χ0) is 22.1. The van der Waals surface area contributed by atoms with Gasteiger partial charge in [0.05, 0.1) is 28.4 Å². The summed E-state index contributed by atoms with van der Waals surface area (Å²) >= 11 is 0. The second-order valence-corrected chi connectivity index (χ2v) is 10.8. The van der Waals surface area contributed by atoms with Gasteiger partial charge in [0, 0.05) is 4.90 Å². The number of hydrogen-bond acceptors (Lipinski definition) is 4. The van der Waals surface area contributed by atoms with Gasteiger partial charge in [0.25, 0.3) is 10.1 Å². The molecule has 0 aliphatic rings. The average molecular weight is 457 g/mol. The van der Waals surface area contributed by atoms with E-state index in [9.17, 15) is 12.6 Å². The molecule has 0 aliphatic heterocycles. The molecule has 3 aromatic rings. The van der Waals surface area contributed by atoms with Crippen molar-refractivity contribution in [1.82, 2.24) is 0 Å². The Morgan fingerprint density at radius 3 is 1.68 bits per heavy atom. The first-order valence-corrected chi connectivity index (χ1v) is 13.4. The van der Waals surface area contributed by atoms with E-state index in [0.717, 1.165) is 17.4 Å². The Labute approximate surface area is 187 Å². The van der Waals surface area contributed by atoms with Gasteiger partial charge in [-0.05, 0) is 48.9 Å². The molecule has 3 rings (SSSR count). The zero-order valence-electron chi connectivity index (χ0n) is 17.6. The smallest absolute Gasteiger partial charge is 0.264 e. The Hall–Kier alpha value is -2.28. The lowest BCUT2D eigenvalue weighted by molar-refractivity contribution is 0.192. The summed E-state index contributed by atoms with van der Waals surface area (Å²) in [6.07, 6.45) is 2.74. The van der Waals surface area contributed by atoms with Crippen molar-refractivity contribution in [3.05, 3.63) is 102 Å². The van der Waals surface area contributed by atoms with E-state index >= 15 is 0 Å². The highest BCUT2D eigenvalue weighted by Gasteiger charge is 2.31. The molecule has 0 saturated carbocycles. The van der Waals surface area contributed by atoms with Crippen molar-refractivity contribution in [3.63, 3.8) is 0 Å². The van der Waals surface area contributed by atoms with Crippen LogP contribution in [0.5, 0.6) is 0 Å². The molecule has 31 heavy (non-hydrogen) atoms. The first kappa shape index (κ1) is 23.4. The summed E-state index contributed by atoms with van der Waals surface area (Å²) in [5, 5.41) is -0.457. The van der Waals surface area contributed by atoms with Gasteiger partial charge in [-0.25, -0.2) is 0 Å². The third kappa shape index (κ3) is 7.73. The molecule has 0 aliphatic carbocycles. The minimum atomic E-state index is -3.71. The molecular weight excluding hydrogens is 428 g/mol. The second kappa shape index (κ2) is 11.4. The van der Waals surface area contributed by atoms with E-state index in [2.05, 4.69) is 0 Å². The fraction of sp³-hybridized carbons (Fsp3) is 0.280. The molecule has 0 radical (unpaired) electrons. The van der Waals surface area contributed by atoms with Crippen LogP contribution in [-0.2, 0) is 37.9 Å². The van der Waals surface area contributed by atoms with Crippen LogP contribution < -0.4 is 0 Å². The molecule has 0 N–H and O–H groups in total. The topological polar surface area (TPSA) is 60.4 Å². The SMILES string of the molecule is CS(=O)(=O)O[C@H](CCc1ccccc1)[C@@H](CCc1ccccc1)S(=O)c1ccccc1. The maximum absolute atomic E-state index is 13.5. The lowest BCUT2D eigenvalue weighted by atomic mass is 10.0. The highest BCUT2D eigenvalue weighted by Crippen LogP contribution is 2.25. The van der Waals surface area contributed by atoms with Crippen molar-refractivity contribution in [2.45, 2.75) is 41.9 Å². The molecule has 0 amide bonds. The lowest BCUT2D eigenvalue weighted by Gasteiger charge is -2.26. The molecule has 0 bridgehead atoms. The first-order valence-electron chi connectivity index (χ1n) is 10.3. The molecule has 3 aromatic carbocycles. The predicted octanol–water partition coefficient (Wildman–Crippen LogP) is 4.77. The van der Waals surface area contributed by atoms with Crippen molar-refractivity contribution >= 4 is 20.9 Å². The summed E-state index contributed by atoms with van der Waals surface area (Å²) < 4.78 is 43.2. The first-order chi connectivity index (χ1) is 14.9. The van der Waals surface area contributed by atoms with Gasteiger partial charge >= 0.3 is 0 Å². The van der Waals surface area contributed by atoms with Gasteiger partial charge in [-0.15, -0.1) is 0 Å². The van der Waals surface area contributed by atoms with E-state index in [1.807, 2.05) is 91.0 Å². The van der Waals surface area contributed by atoms with Gasteiger partial charge in [0.2, 0.25) is 0 Å². The summed E-state index contributed by atoms with van der Waals surface area (Å²) in [7, 11) is -5.11. The minimum Gasteiger partial charge on any atom is -0.266 e. The Morgan fingerprint density at radius 1 is 0.742 bits per heavy atom. The molecule has 0 aromatic heterocycles. The van der Waals surface area contributed by atoms with Gasteiger partial charge in [0.1, 0.15) is 0 Å². The molecule has 0 spiro atoms. The fourth-order valence-corrected chi connectivity index (χ4v) is 5.91. The van der Waals surface area contributed by atoms with Crippen LogP contribution >= 0.6 is 0 Å². The van der Waals surface area contributed by atoms with Crippen LogP contribution in [0.1, 0.15) is 24.0 Å². The molecular formula is C25H28O4S2. The van der Waals surface area contributed by atoms with Crippen molar-refractivity contribution in [2.75, 3.05) is 6.26 Å². The van der Waals surface area contributed by atoms with Gasteiger partial charge in [-0.1, -0.05) is 78.9 Å². The highest BCUT2D eigenvalue weighted by molar-refractivity contribution is 7.86. The zero-order valence-corrected chi connectivity index (χ0v) is 19.2. The van der Waals surface area contributed by atoms with Gasteiger partial charge in [0.15, 0.2) is 0 Å². The van der Waals surface area contributed by atoms with Crippen LogP contribution in [0.4, 0.5) is 0 Å². The molecule has 0 heterocycles. The van der Waals surface area contributed by atoms with Crippen LogP contribution in [0.15, 0.2) is 95.9 Å². The van der Waals surface area contributed by atoms with Crippen molar-refractivity contribution in [1.29, 1.82) is 0 Å². The van der Waals surface area contributed by atoms with Crippen LogP contribution in [0, 0.1) is 0 Å². The second-order valence-electron chi connectivity index (χ2n) is 7.54. The van der Waals surface area contributed by atoms with Crippen LogP contribution in [-0.4, -0.2) is 30.2 Å². The molecule has 4 nitrogen and oxygen atoms in total. The Balaban J connectivity index is 1.87. The number of hydrogen-bond donors (Lipinski definition) is 0. The monoisotopic (exact) mass is 456 g/mol. The van der Waals surface area contributed by atoms with Crippen molar-refractivity contribution < 1.29 is 16.8 Å². The van der Waals surface area contributed by atoms with E-state index in [-0.39, 0.29) is 0 Å². The largest absolute Gasteiger partial charge is 0.266 e. The number of rotatable bonds is 11. The maximum atomic E-state index is 13.5. The standard InChI is InChI=1S/C25H28O4S2/c1-31(27,28)29-24(19-17-21-11-5-2-6-12-21)25(20-18-22-13-7-3-8-14-22)30(26)23-15-9-4-10-16-23/h2-16,24-25H,17-20H2,1H3/t24-,25-,30?/m1/s1. The van der Waals surface area contributed by atoms with Crippen LogP contribution in [0.3, 0.4) is 0 Å². The van der Waals surface area contributed by atoms with Gasteiger partial charge in [-0.2, -0.15) is 8.42 Å². The Bertz CT molecular complexity index is 1050. The predicted molar refractivity (Wildman–Crippen MR) is 126 cm³/mol. The van der Waals surface area contributed by atoms with Crippen molar-refractivity contribution in [3.8, 4) is 0 Å². The van der Waals surface area contributed by atoms with Crippen LogP contribution in [0.25, 0.3) is 0 Å². The summed E-state index contributed by atoms with van der Waals surface area (Å²) in [5.74, 6) is 0. The third-order valence-electron chi connectivity index (χ3n) is 5.08. The lowest BCUT2D eigenvalue weighted by Crippen LogP contribution is -2.35. The summed E-state index contributed by atoms with van der Waals surface area (Å²) in [4.78, 5) is 0.683. The fourth-order valence-electron chi connectivity index (χ4n) is 3.59. The number of aryl methyl sites for hydroxylation is 2. The summed E-state index contributed by atoms with van der Waals surface area (Å²) in [6, 6.07) is 29.0. The number of benzene rings is 3. The summed E-state index contributed by atoms with van der Waals surface area (Å²) in [6.45, 7) is 0. The normalized spacial score (nSPS) is 14.6. The van der Waals surface area contributed by atoms with E-state index in [1.54, 1.807) is 0 Å². The quantitative estimate of drug-likeness (QED) is 0.390. The van der Waals surface area contributed by atoms with E-state index in [4.69, 9.17) is 4.18 Å². The Kier molecular flexibility index (Phi) is 8.58. The molecule has 6 heteroatoms. The molecule has 164 valence electrons. The average Bonchev–Trinajstić information content (AvgIpc) is 2.78. The van der Waals surface area contributed by atoms with Crippen LogP contribution in [0.2, 0.25) is 0 Å². The van der Waals surface area contributed by atoms with Crippen molar-refractivity contribution in [2.24, 2.45) is 0 Å². The Morgan fingerprint density at radius 2 is 1.19 bits per heavy atom. The molecule has 0 fully saturated rings. The maximum Gasteiger partial charge on any atom is 0.264 e. The molecule has 3 atom stereocenters. The van der Waals surface area contributed by atoms with E-state index in [0.29, 0.717) is 30.6 Å². The van der Waals surface area contributed by atoms with E-state index < -0.39 is 32.3 Å². The minimum absolute atomic E-state index is 0.457. The highest BCUT2D eigenvalue weighted by atomic mass is 32.2. The van der Waals surface area contributed by atoms with Gasteiger partial charge in [-0.3, -0.25) is 8.39 Å². The van der Waals surface area contributed by atoms with E-state index in [1.165, 1.54) is 0 Å². The molecule has 0 saturated heterocycles. The van der Waals surface area contributed by atoms with Gasteiger partial charge < -0.3 is 0 Å².